The number of piperidine rings is 1. The fourth-order valence-electron chi connectivity index (χ4n) is 1.97. The van der Waals surface area contributed by atoms with Gasteiger partial charge in [0, 0.05) is 20.2 Å². The number of ether oxygens (including phenoxy) is 1. The van der Waals surface area contributed by atoms with Gasteiger partial charge in [0.05, 0.1) is 0 Å². The number of amides is 1. The van der Waals surface area contributed by atoms with Crippen LogP contribution in [0.5, 0.6) is 0 Å². The molecule has 0 aliphatic carbocycles. The predicted octanol–water partition coefficient (Wildman–Crippen LogP) is 0.871. The lowest BCUT2D eigenvalue weighted by Crippen LogP contribution is -2.34. The first-order valence-corrected chi connectivity index (χ1v) is 6.26. The minimum Gasteiger partial charge on any atom is -0.372 e. The lowest BCUT2D eigenvalue weighted by atomic mass is 9.94. The normalized spacial score (nSPS) is 17.4. The Bertz CT molecular complexity index is 203. The summed E-state index contributed by atoms with van der Waals surface area (Å²) in [5.41, 5.74) is 0. The summed E-state index contributed by atoms with van der Waals surface area (Å²) >= 11 is 0. The third kappa shape index (κ3) is 4.94. The fraction of sp³-hybridized carbons (Fsp3) is 0.917. The van der Waals surface area contributed by atoms with Crippen molar-refractivity contribution in [2.75, 3.05) is 39.9 Å². The summed E-state index contributed by atoms with van der Waals surface area (Å²) in [6, 6.07) is 0. The summed E-state index contributed by atoms with van der Waals surface area (Å²) in [7, 11) is 1.86. The zero-order chi connectivity index (χ0) is 11.8. The second-order valence-electron chi connectivity index (χ2n) is 4.43. The second kappa shape index (κ2) is 7.63. The van der Waals surface area contributed by atoms with Crippen LogP contribution in [0, 0.1) is 5.92 Å². The van der Waals surface area contributed by atoms with E-state index in [1.54, 1.807) is 4.90 Å². The molecule has 0 bridgehead atoms. The summed E-state index contributed by atoms with van der Waals surface area (Å²) < 4.78 is 5.11. The van der Waals surface area contributed by atoms with Crippen LogP contribution in [0.25, 0.3) is 0 Å². The molecule has 0 atom stereocenters. The van der Waals surface area contributed by atoms with Crippen molar-refractivity contribution in [1.82, 2.24) is 10.2 Å². The molecule has 0 spiro atoms. The van der Waals surface area contributed by atoms with Crippen LogP contribution < -0.4 is 5.32 Å². The Balaban J connectivity index is 2.12. The van der Waals surface area contributed by atoms with Gasteiger partial charge in [0.2, 0.25) is 5.91 Å². The molecule has 1 saturated heterocycles. The van der Waals surface area contributed by atoms with Gasteiger partial charge in [-0.3, -0.25) is 4.79 Å². The minimum absolute atomic E-state index is 0.0933. The Morgan fingerprint density at radius 3 is 2.75 bits per heavy atom. The van der Waals surface area contributed by atoms with Crippen LogP contribution >= 0.6 is 0 Å². The number of rotatable bonds is 6. The van der Waals surface area contributed by atoms with Gasteiger partial charge in [-0.2, -0.15) is 0 Å². The molecule has 94 valence electrons. The number of nitrogens with one attached hydrogen (secondary N) is 1. The lowest BCUT2D eigenvalue weighted by Gasteiger charge is -2.25. The van der Waals surface area contributed by atoms with Crippen molar-refractivity contribution in [2.24, 2.45) is 5.92 Å². The van der Waals surface area contributed by atoms with E-state index in [1.165, 1.54) is 12.8 Å². The SMILES string of the molecule is CCOCC(=O)N(C)CCC1CCNCC1. The van der Waals surface area contributed by atoms with Crippen LogP contribution in [0.4, 0.5) is 0 Å². The van der Waals surface area contributed by atoms with E-state index < -0.39 is 0 Å². The van der Waals surface area contributed by atoms with Gasteiger partial charge >= 0.3 is 0 Å². The van der Waals surface area contributed by atoms with E-state index >= 15 is 0 Å². The summed E-state index contributed by atoms with van der Waals surface area (Å²) in [6.45, 7) is 5.84. The van der Waals surface area contributed by atoms with Crippen LogP contribution in [0.1, 0.15) is 26.2 Å². The van der Waals surface area contributed by atoms with E-state index in [-0.39, 0.29) is 12.5 Å². The molecule has 4 nitrogen and oxygen atoms in total. The summed E-state index contributed by atoms with van der Waals surface area (Å²) in [6.07, 6.45) is 3.61. The first-order chi connectivity index (χ1) is 7.74. The topological polar surface area (TPSA) is 41.6 Å². The molecule has 0 saturated carbocycles. The van der Waals surface area contributed by atoms with Crippen molar-refractivity contribution < 1.29 is 9.53 Å². The summed E-state index contributed by atoms with van der Waals surface area (Å²) in [5, 5.41) is 3.35. The van der Waals surface area contributed by atoms with E-state index in [0.717, 1.165) is 32.0 Å². The highest BCUT2D eigenvalue weighted by Crippen LogP contribution is 2.15. The maximum Gasteiger partial charge on any atom is 0.248 e. The third-order valence-corrected chi connectivity index (χ3v) is 3.19. The Morgan fingerprint density at radius 1 is 1.44 bits per heavy atom. The number of hydrogen-bond acceptors (Lipinski definition) is 3. The zero-order valence-corrected chi connectivity index (χ0v) is 10.5. The van der Waals surface area contributed by atoms with E-state index in [2.05, 4.69) is 5.32 Å². The van der Waals surface area contributed by atoms with Crippen molar-refractivity contribution in [3.8, 4) is 0 Å². The van der Waals surface area contributed by atoms with E-state index in [1.807, 2.05) is 14.0 Å². The van der Waals surface area contributed by atoms with Gasteiger partial charge in [-0.25, -0.2) is 0 Å². The number of nitrogens with zero attached hydrogens (tertiary/aromatic N) is 1. The van der Waals surface area contributed by atoms with Gasteiger partial charge in [0.25, 0.3) is 0 Å². The molecule has 1 aliphatic heterocycles. The average molecular weight is 228 g/mol. The highest BCUT2D eigenvalue weighted by molar-refractivity contribution is 5.77. The molecule has 0 radical (unpaired) electrons. The highest BCUT2D eigenvalue weighted by atomic mass is 16.5. The largest absolute Gasteiger partial charge is 0.372 e. The van der Waals surface area contributed by atoms with E-state index in [0.29, 0.717) is 6.61 Å². The predicted molar refractivity (Wildman–Crippen MR) is 64.3 cm³/mol. The van der Waals surface area contributed by atoms with Gasteiger partial charge < -0.3 is 15.0 Å². The Kier molecular flexibility index (Phi) is 6.42. The maximum absolute atomic E-state index is 11.6. The molecule has 16 heavy (non-hydrogen) atoms. The molecule has 1 aliphatic rings. The molecular formula is C12H24N2O2. The maximum atomic E-state index is 11.6. The Morgan fingerprint density at radius 2 is 2.12 bits per heavy atom. The second-order valence-corrected chi connectivity index (χ2v) is 4.43. The van der Waals surface area contributed by atoms with Crippen molar-refractivity contribution in [3.05, 3.63) is 0 Å². The van der Waals surface area contributed by atoms with Gasteiger partial charge in [-0.15, -0.1) is 0 Å². The van der Waals surface area contributed by atoms with Gasteiger partial charge in [-0.1, -0.05) is 0 Å². The molecule has 0 aromatic heterocycles. The van der Waals surface area contributed by atoms with E-state index in [9.17, 15) is 4.79 Å². The van der Waals surface area contributed by atoms with E-state index in [4.69, 9.17) is 4.74 Å². The van der Waals surface area contributed by atoms with Crippen LogP contribution in [0.2, 0.25) is 0 Å². The number of carbonyl (C=O) groups is 1. The molecule has 1 N–H and O–H groups in total. The molecule has 1 heterocycles. The number of hydrogen-bond donors (Lipinski definition) is 1. The molecule has 4 heteroatoms. The lowest BCUT2D eigenvalue weighted by molar-refractivity contribution is -0.134. The first kappa shape index (κ1) is 13.5. The van der Waals surface area contributed by atoms with Gasteiger partial charge in [0.1, 0.15) is 6.61 Å². The van der Waals surface area contributed by atoms with Crippen LogP contribution in [0.3, 0.4) is 0 Å². The molecule has 1 amide bonds. The molecule has 0 aromatic carbocycles. The van der Waals surface area contributed by atoms with Crippen molar-refractivity contribution in [1.29, 1.82) is 0 Å². The molecule has 0 unspecified atom stereocenters. The van der Waals surface area contributed by atoms with Crippen molar-refractivity contribution >= 4 is 5.91 Å². The standard InChI is InChI=1S/C12H24N2O2/c1-3-16-10-12(15)14(2)9-6-11-4-7-13-8-5-11/h11,13H,3-10H2,1-2H3. The van der Waals surface area contributed by atoms with Gasteiger partial charge in [-0.05, 0) is 45.2 Å². The van der Waals surface area contributed by atoms with Crippen LogP contribution in [-0.2, 0) is 9.53 Å². The average Bonchev–Trinajstić information content (AvgIpc) is 2.34. The zero-order valence-electron chi connectivity index (χ0n) is 10.5. The van der Waals surface area contributed by atoms with Crippen LogP contribution in [-0.4, -0.2) is 50.7 Å². The highest BCUT2D eigenvalue weighted by Gasteiger charge is 2.15. The van der Waals surface area contributed by atoms with Crippen molar-refractivity contribution in [3.63, 3.8) is 0 Å². The summed E-state index contributed by atoms with van der Waals surface area (Å²) in [5.74, 6) is 0.874. The smallest absolute Gasteiger partial charge is 0.248 e. The molecule has 0 aromatic rings. The monoisotopic (exact) mass is 228 g/mol. The fourth-order valence-corrected chi connectivity index (χ4v) is 1.97. The summed E-state index contributed by atoms with van der Waals surface area (Å²) in [4.78, 5) is 13.4. The minimum atomic E-state index is 0.0933. The van der Waals surface area contributed by atoms with Gasteiger partial charge in [0.15, 0.2) is 0 Å². The van der Waals surface area contributed by atoms with Crippen LogP contribution in [0.15, 0.2) is 0 Å². The Labute approximate surface area is 98.3 Å². The number of likely N-dealkylation sites (N-methyl/N-ethyl adjacent to an activating group) is 1. The number of carbonyl (C=O) groups excluding carboxylic acids is 1. The quantitative estimate of drug-likeness (QED) is 0.733. The molecule has 1 rings (SSSR count). The molecular weight excluding hydrogens is 204 g/mol. The third-order valence-electron chi connectivity index (χ3n) is 3.19. The Hall–Kier alpha value is -0.610. The van der Waals surface area contributed by atoms with Crippen molar-refractivity contribution in [2.45, 2.75) is 26.2 Å². The first-order valence-electron chi connectivity index (χ1n) is 6.26. The molecule has 1 fully saturated rings.